The lowest BCUT2D eigenvalue weighted by Gasteiger charge is -2.35. The fraction of sp³-hybridized carbons (Fsp3) is 0.556. The van der Waals surface area contributed by atoms with Crippen LogP contribution in [0.2, 0.25) is 0 Å². The van der Waals surface area contributed by atoms with Gasteiger partial charge in [0.05, 0.1) is 29.0 Å². The average Bonchev–Trinajstić information content (AvgIpc) is 2.93. The minimum atomic E-state index is -3.54. The van der Waals surface area contributed by atoms with Gasteiger partial charge in [0.25, 0.3) is 0 Å². The van der Waals surface area contributed by atoms with Crippen LogP contribution in [-0.2, 0) is 25.9 Å². The van der Waals surface area contributed by atoms with Crippen molar-refractivity contribution in [1.29, 1.82) is 0 Å². The maximum Gasteiger partial charge on any atom is 0.242 e. The van der Waals surface area contributed by atoms with Gasteiger partial charge in [0, 0.05) is 13.1 Å². The summed E-state index contributed by atoms with van der Waals surface area (Å²) in [5.41, 5.74) is 1.24. The number of fused-ring (bicyclic) bond motifs is 1. The third kappa shape index (κ3) is 3.76. The van der Waals surface area contributed by atoms with Crippen molar-refractivity contribution in [3.63, 3.8) is 0 Å². The number of rotatable bonds is 5. The molecule has 8 heteroatoms. The van der Waals surface area contributed by atoms with Gasteiger partial charge in [-0.25, -0.2) is 13.4 Å². The van der Waals surface area contributed by atoms with Crippen LogP contribution in [0.25, 0.3) is 11.0 Å². The first kappa shape index (κ1) is 18.8. The normalized spacial score (nSPS) is 21.3. The van der Waals surface area contributed by atoms with E-state index >= 15 is 0 Å². The molecule has 0 bridgehead atoms. The monoisotopic (exact) mass is 379 g/mol. The molecule has 0 N–H and O–H groups in total. The lowest BCUT2D eigenvalue weighted by Crippen LogP contribution is -2.49. The van der Waals surface area contributed by atoms with Gasteiger partial charge in [-0.1, -0.05) is 19.1 Å². The molecule has 0 saturated carbocycles. The number of hydrogen-bond acceptors (Lipinski definition) is 5. The second-order valence-corrected chi connectivity index (χ2v) is 8.85. The number of nitrogens with zero attached hydrogens (tertiary/aromatic N) is 3. The molecule has 0 spiro atoms. The zero-order valence-electron chi connectivity index (χ0n) is 15.4. The van der Waals surface area contributed by atoms with Crippen molar-refractivity contribution >= 4 is 26.8 Å². The highest BCUT2D eigenvalue weighted by molar-refractivity contribution is 7.91. The molecular weight excluding hydrogens is 354 g/mol. The SMILES string of the molecule is CCCS(=O)(=O)c1nc2ccccc2n1CC(=O)N1C[C@@H](C)O[C@H](C)C1. The Kier molecular flexibility index (Phi) is 5.34. The quantitative estimate of drug-likeness (QED) is 0.792. The van der Waals surface area contributed by atoms with Crippen molar-refractivity contribution in [3.8, 4) is 0 Å². The van der Waals surface area contributed by atoms with Crippen LogP contribution in [0.15, 0.2) is 29.4 Å². The molecule has 1 aromatic carbocycles. The van der Waals surface area contributed by atoms with Gasteiger partial charge >= 0.3 is 0 Å². The second-order valence-electron chi connectivity index (χ2n) is 6.84. The maximum atomic E-state index is 12.9. The minimum absolute atomic E-state index is 0.0101. The molecule has 1 saturated heterocycles. The maximum absolute atomic E-state index is 12.9. The zero-order chi connectivity index (χ0) is 18.9. The molecule has 1 aromatic heterocycles. The molecule has 0 radical (unpaired) electrons. The van der Waals surface area contributed by atoms with E-state index in [-0.39, 0.29) is 35.6 Å². The number of morpholine rings is 1. The number of carbonyl (C=O) groups excluding carboxylic acids is 1. The molecule has 1 fully saturated rings. The standard InChI is InChI=1S/C18H25N3O4S/c1-4-9-26(23,24)18-19-15-7-5-6-8-16(15)21(18)12-17(22)20-10-13(2)25-14(3)11-20/h5-8,13-14H,4,9-12H2,1-3H3/t13-,14-/m1/s1. The van der Waals surface area contributed by atoms with Crippen molar-refractivity contribution < 1.29 is 17.9 Å². The molecule has 0 aliphatic carbocycles. The number of amides is 1. The number of para-hydroxylation sites is 2. The Morgan fingerprint density at radius 1 is 1.23 bits per heavy atom. The van der Waals surface area contributed by atoms with Gasteiger partial charge in [0.15, 0.2) is 0 Å². The van der Waals surface area contributed by atoms with E-state index in [0.717, 1.165) is 0 Å². The highest BCUT2D eigenvalue weighted by Gasteiger charge is 2.29. The molecule has 1 aliphatic heterocycles. The van der Waals surface area contributed by atoms with Crippen molar-refractivity contribution in [3.05, 3.63) is 24.3 Å². The Morgan fingerprint density at radius 2 is 1.88 bits per heavy atom. The molecule has 2 aromatic rings. The van der Waals surface area contributed by atoms with Gasteiger partial charge in [-0.05, 0) is 32.4 Å². The zero-order valence-corrected chi connectivity index (χ0v) is 16.2. The van der Waals surface area contributed by atoms with Crippen LogP contribution in [0.3, 0.4) is 0 Å². The number of sulfone groups is 1. The first-order valence-corrected chi connectivity index (χ1v) is 10.6. The van der Waals surface area contributed by atoms with Crippen LogP contribution >= 0.6 is 0 Å². The van der Waals surface area contributed by atoms with Gasteiger partial charge in [-0.15, -0.1) is 0 Å². The van der Waals surface area contributed by atoms with E-state index in [2.05, 4.69) is 4.98 Å². The molecule has 7 nitrogen and oxygen atoms in total. The van der Waals surface area contributed by atoms with Crippen LogP contribution in [0.5, 0.6) is 0 Å². The lowest BCUT2D eigenvalue weighted by atomic mass is 10.2. The third-order valence-corrected chi connectivity index (χ3v) is 6.25. The number of aromatic nitrogens is 2. The minimum Gasteiger partial charge on any atom is -0.372 e. The molecule has 2 atom stereocenters. The van der Waals surface area contributed by atoms with Gasteiger partial charge in [-0.2, -0.15) is 0 Å². The highest BCUT2D eigenvalue weighted by Crippen LogP contribution is 2.22. The molecule has 142 valence electrons. The van der Waals surface area contributed by atoms with Crippen LogP contribution in [0.4, 0.5) is 0 Å². The first-order valence-electron chi connectivity index (χ1n) is 8.93. The summed E-state index contributed by atoms with van der Waals surface area (Å²) in [6, 6.07) is 7.19. The largest absolute Gasteiger partial charge is 0.372 e. The summed E-state index contributed by atoms with van der Waals surface area (Å²) in [4.78, 5) is 18.9. The topological polar surface area (TPSA) is 81.5 Å². The van der Waals surface area contributed by atoms with Crippen molar-refractivity contribution in [1.82, 2.24) is 14.5 Å². The van der Waals surface area contributed by atoms with Crippen LogP contribution < -0.4 is 0 Å². The number of hydrogen-bond donors (Lipinski definition) is 0. The summed E-state index contributed by atoms with van der Waals surface area (Å²) in [6.07, 6.45) is 0.425. The van der Waals surface area contributed by atoms with Gasteiger partial charge < -0.3 is 14.2 Å². The summed E-state index contributed by atoms with van der Waals surface area (Å²) in [5.74, 6) is -0.112. The highest BCUT2D eigenvalue weighted by atomic mass is 32.2. The summed E-state index contributed by atoms with van der Waals surface area (Å²) >= 11 is 0. The third-order valence-electron chi connectivity index (χ3n) is 4.44. The van der Waals surface area contributed by atoms with Crippen molar-refractivity contribution in [2.24, 2.45) is 0 Å². The van der Waals surface area contributed by atoms with Gasteiger partial charge in [-0.3, -0.25) is 4.79 Å². The van der Waals surface area contributed by atoms with E-state index in [4.69, 9.17) is 4.74 Å². The predicted octanol–water partition coefficient (Wildman–Crippen LogP) is 1.86. The van der Waals surface area contributed by atoms with Crippen LogP contribution in [0, 0.1) is 0 Å². The van der Waals surface area contributed by atoms with E-state index in [0.29, 0.717) is 30.5 Å². The Bertz CT molecular complexity index is 896. The Hall–Kier alpha value is -1.93. The van der Waals surface area contributed by atoms with E-state index in [9.17, 15) is 13.2 Å². The van der Waals surface area contributed by atoms with Gasteiger partial charge in [0.1, 0.15) is 6.54 Å². The fourth-order valence-electron chi connectivity index (χ4n) is 3.42. The molecule has 0 unspecified atom stereocenters. The molecule has 2 heterocycles. The summed E-state index contributed by atoms with van der Waals surface area (Å²) < 4.78 is 32.5. The Morgan fingerprint density at radius 3 is 2.54 bits per heavy atom. The Balaban J connectivity index is 1.97. The summed E-state index contributed by atoms with van der Waals surface area (Å²) in [7, 11) is -3.54. The number of imidazole rings is 1. The first-order chi connectivity index (χ1) is 12.3. The molecule has 1 amide bonds. The number of benzene rings is 1. The lowest BCUT2D eigenvalue weighted by molar-refractivity contribution is -0.143. The van der Waals surface area contributed by atoms with E-state index < -0.39 is 9.84 Å². The van der Waals surface area contributed by atoms with E-state index in [1.165, 1.54) is 4.57 Å². The average molecular weight is 379 g/mol. The van der Waals surface area contributed by atoms with Gasteiger partial charge in [0.2, 0.25) is 20.9 Å². The number of ether oxygens (including phenoxy) is 1. The van der Waals surface area contributed by atoms with Crippen LogP contribution in [0.1, 0.15) is 27.2 Å². The summed E-state index contributed by atoms with van der Waals surface area (Å²) in [6.45, 7) is 6.64. The second kappa shape index (κ2) is 7.36. The number of carbonyl (C=O) groups is 1. The molecule has 1 aliphatic rings. The Labute approximate surface area is 153 Å². The molecular formula is C18H25N3O4S. The van der Waals surface area contributed by atoms with Crippen molar-refractivity contribution in [2.75, 3.05) is 18.8 Å². The summed E-state index contributed by atoms with van der Waals surface area (Å²) in [5, 5.41) is -0.0248. The van der Waals surface area contributed by atoms with E-state index in [1.807, 2.05) is 32.9 Å². The fourth-order valence-corrected chi connectivity index (χ4v) is 4.88. The predicted molar refractivity (Wildman–Crippen MR) is 98.7 cm³/mol. The molecule has 3 rings (SSSR count). The smallest absolute Gasteiger partial charge is 0.242 e. The molecule has 26 heavy (non-hydrogen) atoms. The van der Waals surface area contributed by atoms with Crippen LogP contribution in [-0.4, -0.2) is 59.8 Å². The van der Waals surface area contributed by atoms with E-state index in [1.54, 1.807) is 17.0 Å². The van der Waals surface area contributed by atoms with Crippen molar-refractivity contribution in [2.45, 2.75) is 51.1 Å².